The largest absolute Gasteiger partial charge is 0.493 e. The van der Waals surface area contributed by atoms with E-state index in [4.69, 9.17) is 9.47 Å². The molecule has 0 aromatic heterocycles. The predicted molar refractivity (Wildman–Crippen MR) is 98.9 cm³/mol. The topological polar surface area (TPSA) is 110 Å². The third kappa shape index (κ3) is 5.35. The average Bonchev–Trinajstić information content (AvgIpc) is 2.59. The highest BCUT2D eigenvalue weighted by Gasteiger charge is 2.33. The molecule has 0 saturated heterocycles. The van der Waals surface area contributed by atoms with Crippen molar-refractivity contribution in [3.8, 4) is 11.5 Å². The average molecular weight is 399 g/mol. The molecule has 0 spiro atoms. The van der Waals surface area contributed by atoms with Crippen LogP contribution in [0, 0.1) is 0 Å². The summed E-state index contributed by atoms with van der Waals surface area (Å²) in [6, 6.07) is 2.91. The highest BCUT2D eigenvalue weighted by molar-refractivity contribution is 7.90. The zero-order valence-corrected chi connectivity index (χ0v) is 16.5. The van der Waals surface area contributed by atoms with E-state index in [1.807, 2.05) is 6.07 Å². The van der Waals surface area contributed by atoms with Gasteiger partial charge in [-0.25, -0.2) is 8.42 Å². The fourth-order valence-corrected chi connectivity index (χ4v) is 4.01. The van der Waals surface area contributed by atoms with E-state index >= 15 is 0 Å². The van der Waals surface area contributed by atoms with Gasteiger partial charge in [0.25, 0.3) is 0 Å². The van der Waals surface area contributed by atoms with Crippen LogP contribution >= 0.6 is 0 Å². The molecule has 0 bridgehead atoms. The van der Waals surface area contributed by atoms with E-state index in [2.05, 4.69) is 0 Å². The summed E-state index contributed by atoms with van der Waals surface area (Å²) >= 11 is 0. The van der Waals surface area contributed by atoms with Gasteiger partial charge in [-0.2, -0.15) is 0 Å². The molecule has 0 fully saturated rings. The van der Waals surface area contributed by atoms with Crippen molar-refractivity contribution in [2.24, 2.45) is 0 Å². The van der Waals surface area contributed by atoms with Crippen LogP contribution in [0.2, 0.25) is 0 Å². The molecule has 1 amide bonds. The highest BCUT2D eigenvalue weighted by atomic mass is 32.2. The minimum Gasteiger partial charge on any atom is -0.493 e. The molecule has 0 saturated carbocycles. The number of carbonyl (C=O) groups excluding carboxylic acids is 1. The molecule has 9 heteroatoms. The van der Waals surface area contributed by atoms with Gasteiger partial charge in [0.2, 0.25) is 5.91 Å². The number of fused-ring (bicyclic) bond motifs is 1. The number of carboxylic acids is 1. The number of hydrogen-bond acceptors (Lipinski definition) is 6. The molecular formula is C18H25NO7S. The number of aliphatic carboxylic acids is 1. The van der Waals surface area contributed by atoms with Crippen LogP contribution in [0.25, 0.3) is 0 Å². The summed E-state index contributed by atoms with van der Waals surface area (Å²) in [5, 5.41) is 9.33. The van der Waals surface area contributed by atoms with Gasteiger partial charge >= 0.3 is 5.97 Å². The summed E-state index contributed by atoms with van der Waals surface area (Å²) in [5.41, 5.74) is 1.64. The number of rotatable bonds is 8. The molecule has 1 unspecified atom stereocenters. The summed E-state index contributed by atoms with van der Waals surface area (Å²) in [5.74, 6) is -0.309. The zero-order chi connectivity index (χ0) is 20.2. The molecule has 1 atom stereocenters. The van der Waals surface area contributed by atoms with Crippen LogP contribution in [-0.4, -0.2) is 63.1 Å². The van der Waals surface area contributed by atoms with Gasteiger partial charge in [-0.05, 0) is 36.1 Å². The molecule has 1 aliphatic heterocycles. The van der Waals surface area contributed by atoms with Crippen LogP contribution in [0.5, 0.6) is 11.5 Å². The lowest BCUT2D eigenvalue weighted by molar-refractivity contribution is -0.141. The van der Waals surface area contributed by atoms with Crippen molar-refractivity contribution in [3.05, 3.63) is 23.3 Å². The normalized spacial score (nSPS) is 16.6. The zero-order valence-electron chi connectivity index (χ0n) is 15.7. The molecular weight excluding hydrogens is 374 g/mol. The summed E-state index contributed by atoms with van der Waals surface area (Å²) in [6.45, 7) is 0.373. The smallest absolute Gasteiger partial charge is 0.305 e. The van der Waals surface area contributed by atoms with Crippen molar-refractivity contribution in [3.63, 3.8) is 0 Å². The minimum absolute atomic E-state index is 0.0613. The van der Waals surface area contributed by atoms with Gasteiger partial charge in [0.05, 0.1) is 32.4 Å². The second-order valence-electron chi connectivity index (χ2n) is 6.59. The lowest BCUT2D eigenvalue weighted by atomic mass is 9.89. The first-order valence-corrected chi connectivity index (χ1v) is 10.7. The minimum atomic E-state index is -3.14. The van der Waals surface area contributed by atoms with E-state index in [0.29, 0.717) is 24.5 Å². The Labute approximate surface area is 159 Å². The molecule has 27 heavy (non-hydrogen) atoms. The third-order valence-corrected chi connectivity index (χ3v) is 5.63. The van der Waals surface area contributed by atoms with Crippen LogP contribution in [-0.2, 0) is 25.8 Å². The van der Waals surface area contributed by atoms with E-state index in [0.717, 1.165) is 17.4 Å². The van der Waals surface area contributed by atoms with Crippen molar-refractivity contribution < 1.29 is 32.6 Å². The van der Waals surface area contributed by atoms with E-state index in [-0.39, 0.29) is 30.9 Å². The molecule has 150 valence electrons. The molecule has 1 heterocycles. The maximum atomic E-state index is 12.6. The van der Waals surface area contributed by atoms with Gasteiger partial charge < -0.3 is 19.5 Å². The fourth-order valence-electron chi connectivity index (χ4n) is 3.34. The summed E-state index contributed by atoms with van der Waals surface area (Å²) in [4.78, 5) is 25.6. The first kappa shape index (κ1) is 21.0. The van der Waals surface area contributed by atoms with Crippen molar-refractivity contribution in [1.82, 2.24) is 4.90 Å². The first-order chi connectivity index (χ1) is 12.7. The van der Waals surface area contributed by atoms with Crippen molar-refractivity contribution in [2.45, 2.75) is 31.7 Å². The number of benzene rings is 1. The number of ether oxygens (including phenoxy) is 2. The van der Waals surface area contributed by atoms with E-state index in [1.54, 1.807) is 6.07 Å². The lowest BCUT2D eigenvalue weighted by Crippen LogP contribution is -2.41. The summed E-state index contributed by atoms with van der Waals surface area (Å²) in [7, 11) is -0.123. The lowest BCUT2D eigenvalue weighted by Gasteiger charge is -2.37. The Hall–Kier alpha value is -2.29. The standard InChI is InChI=1S/C18H25NO7S/c1-25-15-9-12-6-7-19(17(20)5-4-8-27(3,23)24)14(11-18(21)22)13(12)10-16(15)26-2/h9-10,14H,4-8,11H2,1-3H3,(H,21,22). The van der Waals surface area contributed by atoms with Gasteiger partial charge in [0.1, 0.15) is 9.84 Å². The Morgan fingerprint density at radius 2 is 1.85 bits per heavy atom. The van der Waals surface area contributed by atoms with E-state index in [9.17, 15) is 23.1 Å². The molecule has 0 aliphatic carbocycles. The highest BCUT2D eigenvalue weighted by Crippen LogP contribution is 2.39. The van der Waals surface area contributed by atoms with E-state index < -0.39 is 21.8 Å². The van der Waals surface area contributed by atoms with Gasteiger partial charge in [-0.1, -0.05) is 0 Å². The number of hydrogen-bond donors (Lipinski definition) is 1. The molecule has 1 aromatic rings. The quantitative estimate of drug-likeness (QED) is 0.704. The SMILES string of the molecule is COc1cc2c(cc1OC)C(CC(=O)O)N(C(=O)CCCS(C)(=O)=O)CC2. The van der Waals surface area contributed by atoms with Crippen LogP contribution in [0.4, 0.5) is 0 Å². The van der Waals surface area contributed by atoms with Crippen LogP contribution < -0.4 is 9.47 Å². The Kier molecular flexibility index (Phi) is 6.69. The fraction of sp³-hybridized carbons (Fsp3) is 0.556. The van der Waals surface area contributed by atoms with Crippen molar-refractivity contribution >= 4 is 21.7 Å². The number of carbonyl (C=O) groups is 2. The maximum Gasteiger partial charge on any atom is 0.305 e. The molecule has 1 aromatic carbocycles. The Bertz CT molecular complexity index is 819. The number of carboxylic acid groups (broad SMARTS) is 1. The number of amides is 1. The molecule has 0 radical (unpaired) electrons. The van der Waals surface area contributed by atoms with E-state index in [1.165, 1.54) is 19.1 Å². The van der Waals surface area contributed by atoms with Gasteiger partial charge in [-0.15, -0.1) is 0 Å². The monoisotopic (exact) mass is 399 g/mol. The van der Waals surface area contributed by atoms with Crippen LogP contribution in [0.1, 0.15) is 36.4 Å². The summed E-state index contributed by atoms with van der Waals surface area (Å²) < 4.78 is 33.1. The van der Waals surface area contributed by atoms with Gasteiger partial charge in [-0.3, -0.25) is 9.59 Å². The third-order valence-electron chi connectivity index (χ3n) is 4.60. The van der Waals surface area contributed by atoms with Crippen molar-refractivity contribution in [2.75, 3.05) is 32.8 Å². The molecule has 1 aliphatic rings. The predicted octanol–water partition coefficient (Wildman–Crippen LogP) is 1.43. The van der Waals surface area contributed by atoms with Gasteiger partial charge in [0.15, 0.2) is 11.5 Å². The van der Waals surface area contributed by atoms with Crippen LogP contribution in [0.3, 0.4) is 0 Å². The second kappa shape index (κ2) is 8.60. The molecule has 8 nitrogen and oxygen atoms in total. The number of nitrogens with zero attached hydrogens (tertiary/aromatic N) is 1. The van der Waals surface area contributed by atoms with Crippen molar-refractivity contribution in [1.29, 1.82) is 0 Å². The molecule has 2 rings (SSSR count). The Balaban J connectivity index is 2.30. The molecule has 1 N–H and O–H groups in total. The summed E-state index contributed by atoms with van der Waals surface area (Å²) in [6.07, 6.45) is 1.73. The first-order valence-electron chi connectivity index (χ1n) is 8.60. The van der Waals surface area contributed by atoms with Crippen LogP contribution in [0.15, 0.2) is 12.1 Å². The maximum absolute atomic E-state index is 12.6. The number of methoxy groups -OCH3 is 2. The Morgan fingerprint density at radius 1 is 1.22 bits per heavy atom. The number of sulfone groups is 1. The van der Waals surface area contributed by atoms with Gasteiger partial charge in [0, 0.05) is 19.2 Å². The second-order valence-corrected chi connectivity index (χ2v) is 8.85. The Morgan fingerprint density at radius 3 is 2.41 bits per heavy atom.